The Morgan fingerprint density at radius 2 is 1.79 bits per heavy atom. The zero-order chi connectivity index (χ0) is 13.8. The normalized spacial score (nSPS) is 22.4. The number of aliphatic hydroxyl groups is 1. The fraction of sp³-hybridized carbons (Fsp3) is 0.471. The molecule has 3 rings (SSSR count). The molecule has 2 aromatic rings. The zero-order valence-corrected chi connectivity index (χ0v) is 12.0. The van der Waals surface area contributed by atoms with Gasteiger partial charge in [0.1, 0.15) is 0 Å². The molecule has 1 unspecified atom stereocenters. The summed E-state index contributed by atoms with van der Waals surface area (Å²) in [6, 6.07) is 10.1. The van der Waals surface area contributed by atoms with Crippen molar-refractivity contribution in [2.75, 3.05) is 0 Å². The van der Waals surface area contributed by atoms with Crippen molar-refractivity contribution >= 4 is 10.9 Å². The molecular formula is C17H21NO. The van der Waals surface area contributed by atoms with E-state index in [0.717, 1.165) is 16.5 Å². The predicted octanol–water partition coefficient (Wildman–Crippen LogP) is 3.95. The van der Waals surface area contributed by atoms with Gasteiger partial charge in [0.25, 0.3) is 0 Å². The number of hydrogen-bond acceptors (Lipinski definition) is 2. The molecule has 0 radical (unpaired) electrons. The van der Waals surface area contributed by atoms with Gasteiger partial charge in [0.2, 0.25) is 0 Å². The minimum absolute atomic E-state index is 0.186. The summed E-state index contributed by atoms with van der Waals surface area (Å²) in [4.78, 5) is 4.37. The highest BCUT2D eigenvalue weighted by Gasteiger charge is 2.67. The molecule has 1 atom stereocenters. The predicted molar refractivity (Wildman–Crippen MR) is 77.8 cm³/mol. The van der Waals surface area contributed by atoms with Gasteiger partial charge in [-0.15, -0.1) is 0 Å². The van der Waals surface area contributed by atoms with Gasteiger partial charge < -0.3 is 5.11 Å². The lowest BCUT2D eigenvalue weighted by Gasteiger charge is -2.13. The van der Waals surface area contributed by atoms with Crippen molar-refractivity contribution in [1.82, 2.24) is 4.98 Å². The van der Waals surface area contributed by atoms with Crippen LogP contribution in [0.4, 0.5) is 0 Å². The highest BCUT2D eigenvalue weighted by molar-refractivity contribution is 5.79. The van der Waals surface area contributed by atoms with E-state index in [-0.39, 0.29) is 10.8 Å². The quantitative estimate of drug-likeness (QED) is 0.881. The maximum atomic E-state index is 10.7. The first-order valence-corrected chi connectivity index (χ1v) is 6.88. The van der Waals surface area contributed by atoms with Crippen molar-refractivity contribution in [2.24, 2.45) is 16.7 Å². The van der Waals surface area contributed by atoms with E-state index < -0.39 is 6.10 Å². The topological polar surface area (TPSA) is 33.1 Å². The van der Waals surface area contributed by atoms with E-state index in [4.69, 9.17) is 0 Å². The van der Waals surface area contributed by atoms with Crippen LogP contribution in [0.1, 0.15) is 39.4 Å². The van der Waals surface area contributed by atoms with Crippen LogP contribution in [0.3, 0.4) is 0 Å². The maximum Gasteiger partial charge on any atom is 0.0829 e. The lowest BCUT2D eigenvalue weighted by Crippen LogP contribution is -2.05. The van der Waals surface area contributed by atoms with Crippen molar-refractivity contribution in [3.63, 3.8) is 0 Å². The van der Waals surface area contributed by atoms with Gasteiger partial charge in [0.05, 0.1) is 11.6 Å². The second kappa shape index (κ2) is 3.80. The monoisotopic (exact) mass is 255 g/mol. The van der Waals surface area contributed by atoms with Crippen LogP contribution in [0.15, 0.2) is 36.5 Å². The highest BCUT2D eigenvalue weighted by atomic mass is 16.3. The van der Waals surface area contributed by atoms with Crippen molar-refractivity contribution in [1.29, 1.82) is 0 Å². The third-order valence-electron chi connectivity index (χ3n) is 5.42. The van der Waals surface area contributed by atoms with E-state index in [0.29, 0.717) is 5.92 Å². The Bertz CT molecular complexity index is 616. The van der Waals surface area contributed by atoms with Crippen LogP contribution in [0.25, 0.3) is 10.9 Å². The first-order valence-electron chi connectivity index (χ1n) is 6.88. The van der Waals surface area contributed by atoms with E-state index >= 15 is 0 Å². The molecule has 0 amide bonds. The second-order valence-corrected chi connectivity index (χ2v) is 6.82. The van der Waals surface area contributed by atoms with Crippen LogP contribution in [0.5, 0.6) is 0 Å². The average molecular weight is 255 g/mol. The molecule has 1 N–H and O–H groups in total. The molecule has 1 aromatic heterocycles. The first-order chi connectivity index (χ1) is 8.85. The molecule has 1 aromatic carbocycles. The Kier molecular flexibility index (Phi) is 2.52. The average Bonchev–Trinajstić information content (AvgIpc) is 2.78. The molecule has 0 saturated heterocycles. The van der Waals surface area contributed by atoms with Crippen LogP contribution >= 0.6 is 0 Å². The fourth-order valence-electron chi connectivity index (χ4n) is 3.50. The number of aromatic nitrogens is 1. The second-order valence-electron chi connectivity index (χ2n) is 6.82. The van der Waals surface area contributed by atoms with Crippen LogP contribution in [0, 0.1) is 16.7 Å². The molecule has 19 heavy (non-hydrogen) atoms. The first kappa shape index (κ1) is 12.6. The van der Waals surface area contributed by atoms with Gasteiger partial charge in [0, 0.05) is 17.5 Å². The van der Waals surface area contributed by atoms with Gasteiger partial charge in [-0.05, 0) is 28.5 Å². The summed E-state index contributed by atoms with van der Waals surface area (Å²) in [7, 11) is 0. The Morgan fingerprint density at radius 3 is 2.42 bits per heavy atom. The Hall–Kier alpha value is -1.41. The summed E-state index contributed by atoms with van der Waals surface area (Å²) in [6.07, 6.45) is 1.39. The molecule has 1 aliphatic carbocycles. The number of benzene rings is 1. The largest absolute Gasteiger partial charge is 0.388 e. The van der Waals surface area contributed by atoms with Gasteiger partial charge in [-0.2, -0.15) is 0 Å². The third kappa shape index (κ3) is 1.70. The van der Waals surface area contributed by atoms with Gasteiger partial charge in [0.15, 0.2) is 0 Å². The molecule has 1 aliphatic rings. The Labute approximate surface area is 114 Å². The summed E-state index contributed by atoms with van der Waals surface area (Å²) >= 11 is 0. The van der Waals surface area contributed by atoms with Gasteiger partial charge in [-0.3, -0.25) is 4.98 Å². The van der Waals surface area contributed by atoms with E-state index in [1.807, 2.05) is 30.3 Å². The minimum Gasteiger partial charge on any atom is -0.388 e. The van der Waals surface area contributed by atoms with Crippen molar-refractivity contribution in [2.45, 2.75) is 33.8 Å². The number of aliphatic hydroxyl groups excluding tert-OH is 1. The zero-order valence-electron chi connectivity index (χ0n) is 12.0. The number of fused-ring (bicyclic) bond motifs is 1. The standard InChI is InChI=1S/C17H21NO/c1-16(2)15(17(16,3)4)14(19)12-8-7-11-6-5-9-18-13(11)10-12/h5-10,14-15,19H,1-4H3. The van der Waals surface area contributed by atoms with Crippen molar-refractivity contribution in [3.8, 4) is 0 Å². The van der Waals surface area contributed by atoms with E-state index in [9.17, 15) is 5.11 Å². The maximum absolute atomic E-state index is 10.7. The number of pyridine rings is 1. The van der Waals surface area contributed by atoms with Crippen LogP contribution in [-0.4, -0.2) is 10.1 Å². The van der Waals surface area contributed by atoms with Crippen LogP contribution in [-0.2, 0) is 0 Å². The van der Waals surface area contributed by atoms with Gasteiger partial charge in [-0.25, -0.2) is 0 Å². The van der Waals surface area contributed by atoms with Crippen LogP contribution in [0.2, 0.25) is 0 Å². The van der Waals surface area contributed by atoms with E-state index in [1.54, 1.807) is 6.20 Å². The van der Waals surface area contributed by atoms with Crippen LogP contribution < -0.4 is 0 Å². The lowest BCUT2D eigenvalue weighted by molar-refractivity contribution is 0.131. The molecule has 100 valence electrons. The Balaban J connectivity index is 1.97. The number of rotatable bonds is 2. The lowest BCUT2D eigenvalue weighted by atomic mass is 9.98. The van der Waals surface area contributed by atoms with E-state index in [1.165, 1.54) is 0 Å². The third-order valence-corrected chi connectivity index (χ3v) is 5.42. The van der Waals surface area contributed by atoms with Crippen molar-refractivity contribution in [3.05, 3.63) is 42.1 Å². The molecule has 0 spiro atoms. The molecule has 1 heterocycles. The van der Waals surface area contributed by atoms with E-state index in [2.05, 4.69) is 32.7 Å². The van der Waals surface area contributed by atoms with Gasteiger partial charge >= 0.3 is 0 Å². The summed E-state index contributed by atoms with van der Waals surface area (Å²) in [5, 5.41) is 11.8. The summed E-state index contributed by atoms with van der Waals surface area (Å²) in [6.45, 7) is 8.95. The molecule has 1 saturated carbocycles. The SMILES string of the molecule is CC1(C)C(C(O)c2ccc3cccnc3c2)C1(C)C. The van der Waals surface area contributed by atoms with Crippen molar-refractivity contribution < 1.29 is 5.11 Å². The molecule has 0 aliphatic heterocycles. The fourth-order valence-corrected chi connectivity index (χ4v) is 3.50. The molecule has 0 bridgehead atoms. The Morgan fingerprint density at radius 1 is 1.11 bits per heavy atom. The molecule has 1 fully saturated rings. The molecule has 2 nitrogen and oxygen atoms in total. The summed E-state index contributed by atoms with van der Waals surface area (Å²) in [5.74, 6) is 0.307. The number of hydrogen-bond donors (Lipinski definition) is 1. The highest BCUT2D eigenvalue weighted by Crippen LogP contribution is 2.72. The summed E-state index contributed by atoms with van der Waals surface area (Å²) < 4.78 is 0. The molecule has 2 heteroatoms. The minimum atomic E-state index is -0.406. The summed E-state index contributed by atoms with van der Waals surface area (Å²) in [5.41, 5.74) is 2.31. The number of nitrogens with zero attached hydrogens (tertiary/aromatic N) is 1. The van der Waals surface area contributed by atoms with Gasteiger partial charge in [-0.1, -0.05) is 45.9 Å². The smallest absolute Gasteiger partial charge is 0.0829 e. The molecular weight excluding hydrogens is 234 g/mol.